The molecule has 0 spiro atoms. The van der Waals surface area contributed by atoms with Crippen molar-refractivity contribution in [2.24, 2.45) is 11.8 Å². The first-order valence-corrected chi connectivity index (χ1v) is 6.20. The van der Waals surface area contributed by atoms with E-state index >= 15 is 0 Å². The lowest BCUT2D eigenvalue weighted by molar-refractivity contribution is -0.185. The van der Waals surface area contributed by atoms with Gasteiger partial charge in [0.25, 0.3) is 0 Å². The van der Waals surface area contributed by atoms with Crippen LogP contribution in [0.1, 0.15) is 18.5 Å². The number of likely N-dealkylation sites (tertiary alicyclic amines) is 1. The molecular formula is C12H17F3N4. The maximum absolute atomic E-state index is 12.5. The highest BCUT2D eigenvalue weighted by Gasteiger charge is 2.40. The molecule has 0 amide bonds. The predicted molar refractivity (Wildman–Crippen MR) is 66.1 cm³/mol. The molecule has 1 aliphatic rings. The Bertz CT molecular complexity index is 414. The molecule has 1 aromatic heterocycles. The summed E-state index contributed by atoms with van der Waals surface area (Å²) in [5.41, 5.74) is 3.26. The Kier molecular flexibility index (Phi) is 4.26. The van der Waals surface area contributed by atoms with Gasteiger partial charge in [-0.15, -0.1) is 0 Å². The third-order valence-corrected chi connectivity index (χ3v) is 3.39. The van der Waals surface area contributed by atoms with Crippen molar-refractivity contribution in [3.05, 3.63) is 23.9 Å². The van der Waals surface area contributed by atoms with E-state index in [1.165, 1.54) is 0 Å². The Morgan fingerprint density at radius 2 is 2.00 bits per heavy atom. The van der Waals surface area contributed by atoms with Crippen LogP contribution in [0.25, 0.3) is 0 Å². The third-order valence-electron chi connectivity index (χ3n) is 3.39. The molecule has 0 unspecified atom stereocenters. The topological polar surface area (TPSA) is 54.2 Å². The van der Waals surface area contributed by atoms with Crippen LogP contribution in [-0.2, 0) is 6.54 Å². The molecule has 3 N–H and O–H groups in total. The second-order valence-electron chi connectivity index (χ2n) is 4.75. The first kappa shape index (κ1) is 14.1. The molecule has 1 fully saturated rings. The van der Waals surface area contributed by atoms with Crippen LogP contribution in [-0.4, -0.2) is 29.1 Å². The molecule has 0 bridgehead atoms. The van der Waals surface area contributed by atoms with Crippen molar-refractivity contribution in [1.29, 1.82) is 0 Å². The lowest BCUT2D eigenvalue weighted by Crippen LogP contribution is -2.38. The molecule has 19 heavy (non-hydrogen) atoms. The smallest absolute Gasteiger partial charge is 0.308 e. The summed E-state index contributed by atoms with van der Waals surface area (Å²) in [4.78, 5) is 6.24. The van der Waals surface area contributed by atoms with Gasteiger partial charge in [-0.1, -0.05) is 6.07 Å². The van der Waals surface area contributed by atoms with Crippen molar-refractivity contribution in [3.63, 3.8) is 0 Å². The third kappa shape index (κ3) is 3.81. The quantitative estimate of drug-likeness (QED) is 0.655. The van der Waals surface area contributed by atoms with Crippen LogP contribution in [0.4, 0.5) is 19.0 Å². The molecule has 0 aromatic carbocycles. The summed E-state index contributed by atoms with van der Waals surface area (Å²) >= 11 is 0. The minimum Gasteiger partial charge on any atom is -0.308 e. The van der Waals surface area contributed by atoms with Crippen molar-refractivity contribution in [2.45, 2.75) is 25.6 Å². The van der Waals surface area contributed by atoms with Crippen LogP contribution >= 0.6 is 0 Å². The molecule has 2 heterocycles. The Labute approximate surface area is 109 Å². The second-order valence-corrected chi connectivity index (χ2v) is 4.75. The summed E-state index contributed by atoms with van der Waals surface area (Å²) in [6, 6.07) is 5.40. The number of nitrogens with one attached hydrogen (secondary N) is 1. The summed E-state index contributed by atoms with van der Waals surface area (Å²) in [7, 11) is 0. The maximum Gasteiger partial charge on any atom is 0.391 e. The molecule has 1 saturated heterocycles. The van der Waals surface area contributed by atoms with E-state index in [0.717, 1.165) is 5.69 Å². The maximum atomic E-state index is 12.5. The monoisotopic (exact) mass is 274 g/mol. The number of alkyl halides is 3. The van der Waals surface area contributed by atoms with Crippen molar-refractivity contribution < 1.29 is 13.2 Å². The number of hydrogen-bond acceptors (Lipinski definition) is 4. The Hall–Kier alpha value is -1.34. The van der Waals surface area contributed by atoms with Gasteiger partial charge in [-0.25, -0.2) is 10.8 Å². The van der Waals surface area contributed by atoms with E-state index in [0.29, 0.717) is 25.5 Å². The highest BCUT2D eigenvalue weighted by atomic mass is 19.4. The number of nitrogen functional groups attached to an aromatic ring is 1. The van der Waals surface area contributed by atoms with Gasteiger partial charge in [0.1, 0.15) is 5.82 Å². The summed E-state index contributed by atoms with van der Waals surface area (Å²) in [5.74, 6) is 4.67. The van der Waals surface area contributed by atoms with Crippen LogP contribution in [0.15, 0.2) is 18.2 Å². The number of rotatable bonds is 3. The molecule has 1 aliphatic heterocycles. The van der Waals surface area contributed by atoms with E-state index in [-0.39, 0.29) is 12.8 Å². The molecule has 106 valence electrons. The van der Waals surface area contributed by atoms with Gasteiger partial charge in [-0.05, 0) is 38.1 Å². The molecule has 0 atom stereocenters. The van der Waals surface area contributed by atoms with Crippen molar-refractivity contribution in [1.82, 2.24) is 9.88 Å². The molecule has 4 nitrogen and oxygen atoms in total. The van der Waals surface area contributed by atoms with Gasteiger partial charge < -0.3 is 5.43 Å². The molecule has 7 heteroatoms. The fourth-order valence-corrected chi connectivity index (χ4v) is 2.30. The molecule has 1 aromatic rings. The standard InChI is InChI=1S/C12H17F3N4/c13-12(14,15)9-4-6-19(7-5-9)8-10-2-1-3-11(17-10)18-16/h1-3,9H,4-8,16H2,(H,17,18). The number of hydrazine groups is 1. The number of nitrogens with zero attached hydrogens (tertiary/aromatic N) is 2. The largest absolute Gasteiger partial charge is 0.391 e. The van der Waals surface area contributed by atoms with E-state index in [1.54, 1.807) is 6.07 Å². The molecule has 2 rings (SSSR count). The number of pyridine rings is 1. The van der Waals surface area contributed by atoms with Crippen molar-refractivity contribution >= 4 is 5.82 Å². The van der Waals surface area contributed by atoms with Gasteiger partial charge in [0.05, 0.1) is 11.6 Å². The van der Waals surface area contributed by atoms with Crippen molar-refractivity contribution in [2.75, 3.05) is 18.5 Å². The molecule has 0 radical (unpaired) electrons. The number of piperidine rings is 1. The van der Waals surface area contributed by atoms with Crippen LogP contribution < -0.4 is 11.3 Å². The van der Waals surface area contributed by atoms with E-state index in [9.17, 15) is 13.2 Å². The highest BCUT2D eigenvalue weighted by molar-refractivity contribution is 5.33. The molecular weight excluding hydrogens is 257 g/mol. The van der Waals surface area contributed by atoms with E-state index in [1.807, 2.05) is 17.0 Å². The van der Waals surface area contributed by atoms with E-state index < -0.39 is 12.1 Å². The number of nitrogens with two attached hydrogens (primary N) is 1. The first-order chi connectivity index (χ1) is 8.99. The van der Waals surface area contributed by atoms with Gasteiger partial charge >= 0.3 is 6.18 Å². The number of anilines is 1. The minimum absolute atomic E-state index is 0.165. The second kappa shape index (κ2) is 5.75. The van der Waals surface area contributed by atoms with E-state index in [2.05, 4.69) is 10.4 Å². The van der Waals surface area contributed by atoms with Crippen LogP contribution in [0.3, 0.4) is 0 Å². The summed E-state index contributed by atoms with van der Waals surface area (Å²) < 4.78 is 37.6. The predicted octanol–water partition coefficient (Wildman–Crippen LogP) is 2.14. The lowest BCUT2D eigenvalue weighted by atomic mass is 9.96. The zero-order chi connectivity index (χ0) is 13.9. The Morgan fingerprint density at radius 3 is 2.58 bits per heavy atom. The lowest BCUT2D eigenvalue weighted by Gasteiger charge is -2.32. The number of halogens is 3. The summed E-state index contributed by atoms with van der Waals surface area (Å²) in [6.07, 6.45) is -3.73. The van der Waals surface area contributed by atoms with Gasteiger partial charge in [-0.3, -0.25) is 4.90 Å². The van der Waals surface area contributed by atoms with Crippen LogP contribution in [0.2, 0.25) is 0 Å². The molecule has 0 saturated carbocycles. The number of hydrogen-bond donors (Lipinski definition) is 2. The first-order valence-electron chi connectivity index (χ1n) is 6.20. The summed E-state index contributed by atoms with van der Waals surface area (Å²) in [6.45, 7) is 1.46. The van der Waals surface area contributed by atoms with E-state index in [4.69, 9.17) is 5.84 Å². The zero-order valence-corrected chi connectivity index (χ0v) is 10.5. The average Bonchev–Trinajstić information content (AvgIpc) is 2.38. The van der Waals surface area contributed by atoms with Gasteiger partial charge in [-0.2, -0.15) is 13.2 Å². The fraction of sp³-hybridized carbons (Fsp3) is 0.583. The highest BCUT2D eigenvalue weighted by Crippen LogP contribution is 2.34. The normalized spacial score (nSPS) is 18.5. The van der Waals surface area contributed by atoms with Crippen LogP contribution in [0.5, 0.6) is 0 Å². The Morgan fingerprint density at radius 1 is 1.32 bits per heavy atom. The number of aromatic nitrogens is 1. The van der Waals surface area contributed by atoms with Gasteiger partial charge in [0.2, 0.25) is 0 Å². The van der Waals surface area contributed by atoms with Gasteiger partial charge in [0, 0.05) is 6.54 Å². The van der Waals surface area contributed by atoms with Crippen molar-refractivity contribution in [3.8, 4) is 0 Å². The van der Waals surface area contributed by atoms with Crippen LogP contribution in [0, 0.1) is 5.92 Å². The minimum atomic E-state index is -4.06. The molecule has 0 aliphatic carbocycles. The Balaban J connectivity index is 1.88. The average molecular weight is 274 g/mol. The van der Waals surface area contributed by atoms with Gasteiger partial charge in [0.15, 0.2) is 0 Å². The zero-order valence-electron chi connectivity index (χ0n) is 10.5. The fourth-order valence-electron chi connectivity index (χ4n) is 2.30. The SMILES string of the molecule is NNc1cccc(CN2CCC(C(F)(F)F)CC2)n1. The summed E-state index contributed by atoms with van der Waals surface area (Å²) in [5, 5.41) is 0.